The lowest BCUT2D eigenvalue weighted by Gasteiger charge is -2.21. The standard InChI is InChI=1S/C11H12N4O4/c1-2-5(11(18)19)6-3-8-10(17)13-7(9(12)16)4-15(8)14-6/h2-3,5,7H,1,4H2,(H2,12,16)(H,13,17)(H,18,19). The number of aromatic nitrogens is 2. The van der Waals surface area contributed by atoms with Gasteiger partial charge in [0.05, 0.1) is 12.2 Å². The number of carbonyl (C=O) groups excluding carboxylic acids is 2. The van der Waals surface area contributed by atoms with Gasteiger partial charge in [-0.05, 0) is 6.07 Å². The van der Waals surface area contributed by atoms with Crippen LogP contribution in [0.3, 0.4) is 0 Å². The third-order valence-electron chi connectivity index (χ3n) is 2.86. The van der Waals surface area contributed by atoms with Crippen LogP contribution in [0.15, 0.2) is 18.7 Å². The molecule has 0 saturated carbocycles. The number of carbonyl (C=O) groups is 3. The number of hydrogen-bond acceptors (Lipinski definition) is 4. The molecule has 2 unspecified atom stereocenters. The number of rotatable bonds is 4. The van der Waals surface area contributed by atoms with Crippen molar-refractivity contribution in [3.8, 4) is 0 Å². The quantitative estimate of drug-likeness (QED) is 0.591. The molecule has 0 bridgehead atoms. The molecule has 1 aliphatic rings. The van der Waals surface area contributed by atoms with Crippen LogP contribution in [0.25, 0.3) is 0 Å². The molecule has 0 aliphatic carbocycles. The number of aliphatic carboxylic acids is 1. The number of carboxylic acid groups (broad SMARTS) is 1. The normalized spacial score (nSPS) is 19.2. The lowest BCUT2D eigenvalue weighted by Crippen LogP contribution is -2.51. The minimum Gasteiger partial charge on any atom is -0.481 e. The van der Waals surface area contributed by atoms with Gasteiger partial charge in [0.25, 0.3) is 5.91 Å². The van der Waals surface area contributed by atoms with Crippen LogP contribution < -0.4 is 11.1 Å². The molecule has 2 heterocycles. The Bertz CT molecular complexity index is 577. The molecule has 2 amide bonds. The van der Waals surface area contributed by atoms with Gasteiger partial charge in [0, 0.05) is 0 Å². The summed E-state index contributed by atoms with van der Waals surface area (Å²) in [5, 5.41) is 15.4. The van der Waals surface area contributed by atoms with Crippen LogP contribution in [0, 0.1) is 0 Å². The molecule has 1 aromatic rings. The van der Waals surface area contributed by atoms with Crippen molar-refractivity contribution in [2.24, 2.45) is 5.73 Å². The van der Waals surface area contributed by atoms with Gasteiger partial charge in [-0.1, -0.05) is 6.08 Å². The summed E-state index contributed by atoms with van der Waals surface area (Å²) in [4.78, 5) is 33.8. The van der Waals surface area contributed by atoms with Gasteiger partial charge in [0.15, 0.2) is 0 Å². The van der Waals surface area contributed by atoms with Crippen molar-refractivity contribution >= 4 is 17.8 Å². The summed E-state index contributed by atoms with van der Waals surface area (Å²) in [6, 6.07) is 0.521. The Morgan fingerprint density at radius 2 is 2.37 bits per heavy atom. The third kappa shape index (κ3) is 2.19. The largest absolute Gasteiger partial charge is 0.481 e. The monoisotopic (exact) mass is 264 g/mol. The Labute approximate surface area is 107 Å². The van der Waals surface area contributed by atoms with Gasteiger partial charge in [-0.3, -0.25) is 19.1 Å². The number of fused-ring (bicyclic) bond motifs is 1. The topological polar surface area (TPSA) is 127 Å². The molecule has 0 aromatic carbocycles. The first-order valence-electron chi connectivity index (χ1n) is 5.47. The van der Waals surface area contributed by atoms with E-state index in [1.165, 1.54) is 16.8 Å². The van der Waals surface area contributed by atoms with Crippen LogP contribution in [0.4, 0.5) is 0 Å². The average molecular weight is 264 g/mol. The van der Waals surface area contributed by atoms with E-state index in [4.69, 9.17) is 10.8 Å². The highest BCUT2D eigenvalue weighted by atomic mass is 16.4. The zero-order valence-electron chi connectivity index (χ0n) is 9.87. The molecule has 4 N–H and O–H groups in total. The SMILES string of the molecule is C=CC(C(=O)O)c1cc2n(n1)CC(C(N)=O)NC2=O. The Morgan fingerprint density at radius 1 is 1.68 bits per heavy atom. The summed E-state index contributed by atoms with van der Waals surface area (Å²) in [6.45, 7) is 3.51. The van der Waals surface area contributed by atoms with Crippen molar-refractivity contribution in [2.45, 2.75) is 18.5 Å². The summed E-state index contributed by atoms with van der Waals surface area (Å²) >= 11 is 0. The Hall–Kier alpha value is -2.64. The lowest BCUT2D eigenvalue weighted by atomic mass is 10.1. The zero-order valence-corrected chi connectivity index (χ0v) is 9.87. The molecule has 2 rings (SSSR count). The second-order valence-corrected chi connectivity index (χ2v) is 4.12. The van der Waals surface area contributed by atoms with Crippen LogP contribution >= 0.6 is 0 Å². The molecule has 8 nitrogen and oxygen atoms in total. The van der Waals surface area contributed by atoms with E-state index in [9.17, 15) is 14.4 Å². The predicted octanol–water partition coefficient (Wildman–Crippen LogP) is -1.17. The highest BCUT2D eigenvalue weighted by Gasteiger charge is 2.31. The van der Waals surface area contributed by atoms with E-state index in [1.54, 1.807) is 0 Å². The fraction of sp³-hybridized carbons (Fsp3) is 0.273. The van der Waals surface area contributed by atoms with E-state index in [0.717, 1.165) is 0 Å². The van der Waals surface area contributed by atoms with Crippen molar-refractivity contribution in [1.82, 2.24) is 15.1 Å². The molecule has 1 aromatic heterocycles. The lowest BCUT2D eigenvalue weighted by molar-refractivity contribution is -0.137. The molecule has 0 fully saturated rings. The van der Waals surface area contributed by atoms with Crippen LogP contribution in [-0.2, 0) is 16.1 Å². The van der Waals surface area contributed by atoms with Gasteiger partial charge in [-0.15, -0.1) is 6.58 Å². The summed E-state index contributed by atoms with van der Waals surface area (Å²) in [5.74, 6) is -3.30. The predicted molar refractivity (Wildman–Crippen MR) is 63.2 cm³/mol. The van der Waals surface area contributed by atoms with E-state index in [2.05, 4.69) is 17.0 Å². The highest BCUT2D eigenvalue weighted by molar-refractivity contribution is 5.97. The average Bonchev–Trinajstić information content (AvgIpc) is 2.73. The molecule has 100 valence electrons. The van der Waals surface area contributed by atoms with Gasteiger partial charge in [0.1, 0.15) is 17.7 Å². The molecule has 19 heavy (non-hydrogen) atoms. The summed E-state index contributed by atoms with van der Waals surface area (Å²) in [5.41, 5.74) is 5.51. The van der Waals surface area contributed by atoms with Crippen molar-refractivity contribution in [2.75, 3.05) is 0 Å². The molecule has 0 radical (unpaired) electrons. The summed E-state index contributed by atoms with van der Waals surface area (Å²) < 4.78 is 1.28. The Kier molecular flexibility index (Phi) is 3.07. The maximum absolute atomic E-state index is 11.7. The Morgan fingerprint density at radius 3 is 2.89 bits per heavy atom. The molecular formula is C11H12N4O4. The van der Waals surface area contributed by atoms with Crippen molar-refractivity contribution in [3.05, 3.63) is 30.1 Å². The van der Waals surface area contributed by atoms with Gasteiger partial charge in [-0.25, -0.2) is 0 Å². The van der Waals surface area contributed by atoms with E-state index in [-0.39, 0.29) is 17.9 Å². The first kappa shape index (κ1) is 12.8. The number of nitrogens with zero attached hydrogens (tertiary/aromatic N) is 2. The van der Waals surface area contributed by atoms with Crippen LogP contribution in [0.2, 0.25) is 0 Å². The number of hydrogen-bond donors (Lipinski definition) is 3. The molecule has 2 atom stereocenters. The summed E-state index contributed by atoms with van der Waals surface area (Å²) in [6.07, 6.45) is 1.22. The summed E-state index contributed by atoms with van der Waals surface area (Å²) in [7, 11) is 0. The van der Waals surface area contributed by atoms with E-state index in [0.29, 0.717) is 0 Å². The van der Waals surface area contributed by atoms with Gasteiger partial charge in [0.2, 0.25) is 5.91 Å². The van der Waals surface area contributed by atoms with Crippen molar-refractivity contribution in [1.29, 1.82) is 0 Å². The molecule has 0 spiro atoms. The number of nitrogens with two attached hydrogens (primary N) is 1. The maximum atomic E-state index is 11.7. The van der Waals surface area contributed by atoms with E-state index < -0.39 is 29.7 Å². The smallest absolute Gasteiger partial charge is 0.316 e. The fourth-order valence-electron chi connectivity index (χ4n) is 1.87. The first-order valence-corrected chi connectivity index (χ1v) is 5.47. The number of amides is 2. The van der Waals surface area contributed by atoms with Crippen LogP contribution in [-0.4, -0.2) is 38.7 Å². The van der Waals surface area contributed by atoms with Crippen molar-refractivity contribution in [3.63, 3.8) is 0 Å². The molecule has 8 heteroatoms. The maximum Gasteiger partial charge on any atom is 0.316 e. The number of carboxylic acids is 1. The highest BCUT2D eigenvalue weighted by Crippen LogP contribution is 2.19. The fourth-order valence-corrected chi connectivity index (χ4v) is 1.87. The Balaban J connectivity index is 2.38. The van der Waals surface area contributed by atoms with E-state index >= 15 is 0 Å². The van der Waals surface area contributed by atoms with Gasteiger partial charge < -0.3 is 16.2 Å². The van der Waals surface area contributed by atoms with E-state index in [1.807, 2.05) is 0 Å². The van der Waals surface area contributed by atoms with Gasteiger partial charge in [-0.2, -0.15) is 5.10 Å². The minimum absolute atomic E-state index is 0.0832. The number of nitrogens with one attached hydrogen (secondary N) is 1. The first-order chi connectivity index (χ1) is 8.93. The second-order valence-electron chi connectivity index (χ2n) is 4.12. The van der Waals surface area contributed by atoms with Crippen LogP contribution in [0.5, 0.6) is 0 Å². The second kappa shape index (κ2) is 4.56. The van der Waals surface area contributed by atoms with Crippen molar-refractivity contribution < 1.29 is 19.5 Å². The van der Waals surface area contributed by atoms with Crippen LogP contribution in [0.1, 0.15) is 22.1 Å². The third-order valence-corrected chi connectivity index (χ3v) is 2.86. The van der Waals surface area contributed by atoms with Gasteiger partial charge >= 0.3 is 5.97 Å². The minimum atomic E-state index is -1.11. The molecular weight excluding hydrogens is 252 g/mol. The zero-order chi connectivity index (χ0) is 14.2. The number of primary amides is 1. The molecule has 0 saturated heterocycles. The molecule has 1 aliphatic heterocycles.